The van der Waals surface area contributed by atoms with Gasteiger partial charge in [0.05, 0.1) is 4.47 Å². The molecule has 2 nitrogen and oxygen atoms in total. The van der Waals surface area contributed by atoms with E-state index in [1.807, 2.05) is 0 Å². The summed E-state index contributed by atoms with van der Waals surface area (Å²) in [6.45, 7) is 3.42. The smallest absolute Gasteiger partial charge is 0.135 e. The SMILES string of the molecule is C=CC(O)c1cc(Cl)cc(Br)c1O. The third-order valence-corrected chi connectivity index (χ3v) is 2.42. The molecule has 1 unspecified atom stereocenters. The maximum Gasteiger partial charge on any atom is 0.135 e. The Bertz CT molecular complexity index is 339. The first-order valence-corrected chi connectivity index (χ1v) is 4.72. The van der Waals surface area contributed by atoms with E-state index in [9.17, 15) is 10.2 Å². The summed E-state index contributed by atoms with van der Waals surface area (Å²) in [7, 11) is 0. The summed E-state index contributed by atoms with van der Waals surface area (Å²) in [6, 6.07) is 3.05. The number of aromatic hydroxyl groups is 1. The predicted molar refractivity (Wildman–Crippen MR) is 56.0 cm³/mol. The van der Waals surface area contributed by atoms with E-state index < -0.39 is 6.10 Å². The highest BCUT2D eigenvalue weighted by atomic mass is 79.9. The molecule has 0 heterocycles. The van der Waals surface area contributed by atoms with Gasteiger partial charge in [0.15, 0.2) is 0 Å². The van der Waals surface area contributed by atoms with Crippen molar-refractivity contribution in [2.75, 3.05) is 0 Å². The number of rotatable bonds is 2. The highest BCUT2D eigenvalue weighted by molar-refractivity contribution is 9.10. The Morgan fingerprint density at radius 3 is 2.69 bits per heavy atom. The molecule has 0 saturated heterocycles. The van der Waals surface area contributed by atoms with Gasteiger partial charge in [-0.2, -0.15) is 0 Å². The van der Waals surface area contributed by atoms with Crippen molar-refractivity contribution in [3.8, 4) is 5.75 Å². The van der Waals surface area contributed by atoms with Gasteiger partial charge in [-0.25, -0.2) is 0 Å². The Balaban J connectivity index is 3.27. The van der Waals surface area contributed by atoms with Crippen LogP contribution in [0.3, 0.4) is 0 Å². The Labute approximate surface area is 89.6 Å². The Kier molecular flexibility index (Phi) is 3.36. The van der Waals surface area contributed by atoms with Crippen LogP contribution >= 0.6 is 27.5 Å². The van der Waals surface area contributed by atoms with Crippen LogP contribution in [0.4, 0.5) is 0 Å². The lowest BCUT2D eigenvalue weighted by atomic mass is 10.1. The molecule has 0 spiro atoms. The van der Waals surface area contributed by atoms with Gasteiger partial charge in [-0.3, -0.25) is 0 Å². The molecule has 0 radical (unpaired) electrons. The van der Waals surface area contributed by atoms with Crippen molar-refractivity contribution >= 4 is 27.5 Å². The maximum absolute atomic E-state index is 9.51. The molecule has 0 aliphatic heterocycles. The van der Waals surface area contributed by atoms with E-state index in [2.05, 4.69) is 22.5 Å². The normalized spacial score (nSPS) is 12.5. The summed E-state index contributed by atoms with van der Waals surface area (Å²) >= 11 is 8.85. The lowest BCUT2D eigenvalue weighted by Crippen LogP contribution is -1.93. The fourth-order valence-electron chi connectivity index (χ4n) is 0.938. The third kappa shape index (κ3) is 2.24. The standard InChI is InChI=1S/C9H8BrClO2/c1-2-8(12)6-3-5(11)4-7(10)9(6)13/h2-4,8,12-13H,1H2. The van der Waals surface area contributed by atoms with Gasteiger partial charge < -0.3 is 10.2 Å². The molecule has 0 bridgehead atoms. The van der Waals surface area contributed by atoms with Gasteiger partial charge in [-0.1, -0.05) is 17.7 Å². The fraction of sp³-hybridized carbons (Fsp3) is 0.111. The molecular formula is C9H8BrClO2. The Morgan fingerprint density at radius 2 is 2.15 bits per heavy atom. The van der Waals surface area contributed by atoms with E-state index in [0.717, 1.165) is 0 Å². The van der Waals surface area contributed by atoms with Crippen molar-refractivity contribution < 1.29 is 10.2 Å². The van der Waals surface area contributed by atoms with Crippen LogP contribution in [0, 0.1) is 0 Å². The van der Waals surface area contributed by atoms with E-state index in [4.69, 9.17) is 11.6 Å². The molecule has 1 rings (SSSR count). The van der Waals surface area contributed by atoms with E-state index in [-0.39, 0.29) is 5.75 Å². The molecule has 1 atom stereocenters. The van der Waals surface area contributed by atoms with Crippen molar-refractivity contribution in [1.82, 2.24) is 0 Å². The van der Waals surface area contributed by atoms with E-state index in [0.29, 0.717) is 15.1 Å². The molecule has 0 aliphatic carbocycles. The molecular weight excluding hydrogens is 255 g/mol. The maximum atomic E-state index is 9.51. The van der Waals surface area contributed by atoms with Crippen LogP contribution in [0.25, 0.3) is 0 Å². The average Bonchev–Trinajstić information content (AvgIpc) is 2.10. The van der Waals surface area contributed by atoms with Gasteiger partial charge in [0.2, 0.25) is 0 Å². The van der Waals surface area contributed by atoms with Crippen molar-refractivity contribution in [2.45, 2.75) is 6.10 Å². The van der Waals surface area contributed by atoms with Crippen LogP contribution in [-0.4, -0.2) is 10.2 Å². The number of benzene rings is 1. The number of halogens is 2. The summed E-state index contributed by atoms with van der Waals surface area (Å²) in [5, 5.41) is 19.4. The zero-order valence-corrected chi connectivity index (χ0v) is 9.01. The number of phenols is 1. The molecule has 4 heteroatoms. The molecule has 0 amide bonds. The first kappa shape index (κ1) is 10.6. The van der Waals surface area contributed by atoms with Crippen molar-refractivity contribution in [3.63, 3.8) is 0 Å². The number of aliphatic hydroxyl groups is 1. The topological polar surface area (TPSA) is 40.5 Å². The zero-order chi connectivity index (χ0) is 10.0. The lowest BCUT2D eigenvalue weighted by Gasteiger charge is -2.09. The molecule has 2 N–H and O–H groups in total. The minimum atomic E-state index is -0.907. The van der Waals surface area contributed by atoms with Gasteiger partial charge in [0.1, 0.15) is 11.9 Å². The first-order valence-electron chi connectivity index (χ1n) is 3.54. The fourth-order valence-corrected chi connectivity index (χ4v) is 1.77. The van der Waals surface area contributed by atoms with E-state index >= 15 is 0 Å². The van der Waals surface area contributed by atoms with Crippen LogP contribution in [-0.2, 0) is 0 Å². The highest BCUT2D eigenvalue weighted by Gasteiger charge is 2.12. The highest BCUT2D eigenvalue weighted by Crippen LogP contribution is 2.35. The molecule has 1 aromatic carbocycles. The molecule has 0 fully saturated rings. The van der Waals surface area contributed by atoms with Crippen molar-refractivity contribution in [1.29, 1.82) is 0 Å². The van der Waals surface area contributed by atoms with Crippen LogP contribution in [0.2, 0.25) is 5.02 Å². The van der Waals surface area contributed by atoms with Gasteiger partial charge in [0.25, 0.3) is 0 Å². The largest absolute Gasteiger partial charge is 0.506 e. The van der Waals surface area contributed by atoms with Gasteiger partial charge in [0, 0.05) is 10.6 Å². The average molecular weight is 264 g/mol. The minimum Gasteiger partial charge on any atom is -0.506 e. The predicted octanol–water partition coefficient (Wildman–Crippen LogP) is 3.03. The number of hydrogen-bond donors (Lipinski definition) is 2. The van der Waals surface area contributed by atoms with Crippen LogP contribution in [0.15, 0.2) is 29.3 Å². The Morgan fingerprint density at radius 1 is 1.54 bits per heavy atom. The van der Waals surface area contributed by atoms with E-state index in [1.165, 1.54) is 12.1 Å². The second kappa shape index (κ2) is 4.13. The summed E-state index contributed by atoms with van der Waals surface area (Å²) in [4.78, 5) is 0. The van der Waals surface area contributed by atoms with E-state index in [1.54, 1.807) is 6.07 Å². The molecule has 13 heavy (non-hydrogen) atoms. The summed E-state index contributed by atoms with van der Waals surface area (Å²) < 4.78 is 0.455. The monoisotopic (exact) mass is 262 g/mol. The lowest BCUT2D eigenvalue weighted by molar-refractivity contribution is 0.224. The summed E-state index contributed by atoms with van der Waals surface area (Å²) in [5.74, 6) is -0.0169. The van der Waals surface area contributed by atoms with Crippen molar-refractivity contribution in [2.24, 2.45) is 0 Å². The third-order valence-electron chi connectivity index (χ3n) is 1.60. The van der Waals surface area contributed by atoms with Gasteiger partial charge in [-0.15, -0.1) is 6.58 Å². The first-order chi connectivity index (χ1) is 6.06. The molecule has 0 saturated carbocycles. The van der Waals surface area contributed by atoms with Crippen LogP contribution in [0.1, 0.15) is 11.7 Å². The second-order valence-electron chi connectivity index (χ2n) is 2.51. The zero-order valence-electron chi connectivity index (χ0n) is 6.67. The van der Waals surface area contributed by atoms with Crippen molar-refractivity contribution in [3.05, 3.63) is 39.8 Å². The molecule has 0 aromatic heterocycles. The number of hydrogen-bond acceptors (Lipinski definition) is 2. The quantitative estimate of drug-likeness (QED) is 0.805. The van der Waals surface area contributed by atoms with Crippen LogP contribution < -0.4 is 0 Å². The number of aliphatic hydroxyl groups excluding tert-OH is 1. The minimum absolute atomic E-state index is 0.0169. The van der Waals surface area contributed by atoms with Gasteiger partial charge >= 0.3 is 0 Å². The molecule has 70 valence electrons. The summed E-state index contributed by atoms with van der Waals surface area (Å²) in [6.07, 6.45) is 0.410. The molecule has 1 aromatic rings. The Hall–Kier alpha value is -0.510. The van der Waals surface area contributed by atoms with Crippen LogP contribution in [0.5, 0.6) is 5.75 Å². The van der Waals surface area contributed by atoms with Gasteiger partial charge in [-0.05, 0) is 28.1 Å². The summed E-state index contributed by atoms with van der Waals surface area (Å²) in [5.41, 5.74) is 0.342. The number of phenolic OH excluding ortho intramolecular Hbond substituents is 1. The molecule has 0 aliphatic rings. The second-order valence-corrected chi connectivity index (χ2v) is 3.80.